The Bertz CT molecular complexity index is 830. The van der Waals surface area contributed by atoms with Crippen LogP contribution in [0.3, 0.4) is 0 Å². The Morgan fingerprint density at radius 1 is 1.27 bits per heavy atom. The van der Waals surface area contributed by atoms with E-state index in [1.165, 1.54) is 5.57 Å². The number of hydrogen-bond acceptors (Lipinski definition) is 3. The van der Waals surface area contributed by atoms with Gasteiger partial charge >= 0.3 is 5.63 Å². The number of fused-ring (bicyclic) bond motifs is 3. The minimum Gasteiger partial charge on any atom is -0.486 e. The largest absolute Gasteiger partial charge is 0.486 e. The van der Waals surface area contributed by atoms with E-state index in [0.717, 1.165) is 30.4 Å². The van der Waals surface area contributed by atoms with Gasteiger partial charge in [0.2, 0.25) is 0 Å². The SMILES string of the molecule is CC1=CC[C@H](C2(C)Cc3c(c4ccccc4oc3=O)O2)CC1. The summed E-state index contributed by atoms with van der Waals surface area (Å²) in [5, 5.41) is 0.906. The summed E-state index contributed by atoms with van der Waals surface area (Å²) in [6.45, 7) is 4.32. The van der Waals surface area contributed by atoms with Gasteiger partial charge in [-0.1, -0.05) is 23.8 Å². The molecule has 3 nitrogen and oxygen atoms in total. The normalized spacial score (nSPS) is 27.4. The molecule has 22 heavy (non-hydrogen) atoms. The standard InChI is InChI=1S/C19H20O3/c1-12-7-9-13(10-8-12)19(2)11-15-17(22-19)14-5-3-4-6-16(14)21-18(15)20/h3-7,13H,8-11H2,1-2H3/t13-,19?/m0/s1. The molecule has 0 spiro atoms. The number of allylic oxidation sites excluding steroid dienone is 2. The van der Waals surface area contributed by atoms with Crippen LogP contribution < -0.4 is 10.4 Å². The first-order valence-corrected chi connectivity index (χ1v) is 7.96. The molecular weight excluding hydrogens is 276 g/mol. The smallest absolute Gasteiger partial charge is 0.343 e. The highest BCUT2D eigenvalue weighted by molar-refractivity contribution is 5.85. The van der Waals surface area contributed by atoms with Crippen LogP contribution in [0.15, 0.2) is 45.1 Å². The van der Waals surface area contributed by atoms with Crippen molar-refractivity contribution in [2.75, 3.05) is 0 Å². The summed E-state index contributed by atoms with van der Waals surface area (Å²) in [6, 6.07) is 7.62. The van der Waals surface area contributed by atoms with Gasteiger partial charge in [0, 0.05) is 12.3 Å². The molecule has 2 aromatic rings. The molecule has 2 aliphatic rings. The first-order chi connectivity index (χ1) is 10.6. The lowest BCUT2D eigenvalue weighted by atomic mass is 9.77. The molecule has 0 bridgehead atoms. The van der Waals surface area contributed by atoms with Gasteiger partial charge in [0.1, 0.15) is 16.9 Å². The molecule has 114 valence electrons. The molecule has 0 N–H and O–H groups in total. The van der Waals surface area contributed by atoms with Crippen LogP contribution in [-0.4, -0.2) is 5.60 Å². The van der Waals surface area contributed by atoms with Crippen molar-refractivity contribution in [2.45, 2.75) is 45.1 Å². The Labute approximate surface area is 129 Å². The molecule has 0 fully saturated rings. The number of rotatable bonds is 1. The zero-order chi connectivity index (χ0) is 15.3. The van der Waals surface area contributed by atoms with Crippen molar-refractivity contribution >= 4 is 11.0 Å². The number of ether oxygens (including phenoxy) is 1. The maximum absolute atomic E-state index is 12.3. The zero-order valence-corrected chi connectivity index (χ0v) is 13.0. The summed E-state index contributed by atoms with van der Waals surface area (Å²) in [4.78, 5) is 12.3. The second kappa shape index (κ2) is 4.73. The van der Waals surface area contributed by atoms with Crippen molar-refractivity contribution in [1.29, 1.82) is 0 Å². The van der Waals surface area contributed by atoms with Gasteiger partial charge in [-0.25, -0.2) is 4.79 Å². The monoisotopic (exact) mass is 296 g/mol. The first kappa shape index (κ1) is 13.6. The van der Waals surface area contributed by atoms with Crippen molar-refractivity contribution in [1.82, 2.24) is 0 Å². The summed E-state index contributed by atoms with van der Waals surface area (Å²) < 4.78 is 11.8. The molecule has 4 rings (SSSR count). The second-order valence-electron chi connectivity index (χ2n) is 6.81. The third-order valence-corrected chi connectivity index (χ3v) is 5.22. The Morgan fingerprint density at radius 2 is 2.09 bits per heavy atom. The minimum absolute atomic E-state index is 0.250. The van der Waals surface area contributed by atoms with E-state index in [1.54, 1.807) is 0 Å². The second-order valence-corrected chi connectivity index (χ2v) is 6.81. The molecular formula is C19H20O3. The predicted molar refractivity (Wildman–Crippen MR) is 86.3 cm³/mol. The van der Waals surface area contributed by atoms with E-state index in [9.17, 15) is 4.79 Å². The fraction of sp³-hybridized carbons (Fsp3) is 0.421. The summed E-state index contributed by atoms with van der Waals surface area (Å²) in [5.74, 6) is 1.18. The number of para-hydroxylation sites is 1. The zero-order valence-electron chi connectivity index (χ0n) is 13.0. The lowest BCUT2D eigenvalue weighted by molar-refractivity contribution is 0.0433. The Morgan fingerprint density at radius 3 is 2.86 bits per heavy atom. The van der Waals surface area contributed by atoms with Crippen molar-refractivity contribution in [2.24, 2.45) is 5.92 Å². The van der Waals surface area contributed by atoms with Crippen LogP contribution in [0, 0.1) is 5.92 Å². The van der Waals surface area contributed by atoms with Gasteiger partial charge in [0.25, 0.3) is 0 Å². The first-order valence-electron chi connectivity index (χ1n) is 7.96. The third-order valence-electron chi connectivity index (χ3n) is 5.22. The van der Waals surface area contributed by atoms with Crippen LogP contribution in [0.4, 0.5) is 0 Å². The molecule has 2 atom stereocenters. The highest BCUT2D eigenvalue weighted by atomic mass is 16.5. The molecule has 1 aliphatic heterocycles. The molecule has 2 heterocycles. The Kier molecular flexibility index (Phi) is 2.93. The molecule has 0 saturated heterocycles. The van der Waals surface area contributed by atoms with Crippen molar-refractivity contribution in [3.63, 3.8) is 0 Å². The highest BCUT2D eigenvalue weighted by Crippen LogP contribution is 2.45. The summed E-state index contributed by atoms with van der Waals surface area (Å²) in [5.41, 5.74) is 2.21. The van der Waals surface area contributed by atoms with Gasteiger partial charge in [0.05, 0.1) is 10.9 Å². The summed E-state index contributed by atoms with van der Waals surface area (Å²) >= 11 is 0. The van der Waals surface area contributed by atoms with Gasteiger partial charge in [0.15, 0.2) is 0 Å². The summed E-state index contributed by atoms with van der Waals surface area (Å²) in [7, 11) is 0. The quantitative estimate of drug-likeness (QED) is 0.584. The van der Waals surface area contributed by atoms with Gasteiger partial charge in [-0.2, -0.15) is 0 Å². The van der Waals surface area contributed by atoms with Crippen LogP contribution in [0.2, 0.25) is 0 Å². The topological polar surface area (TPSA) is 39.4 Å². The Hall–Kier alpha value is -2.03. The van der Waals surface area contributed by atoms with Gasteiger partial charge in [-0.3, -0.25) is 0 Å². The van der Waals surface area contributed by atoms with Gasteiger partial charge in [-0.15, -0.1) is 0 Å². The number of benzene rings is 1. The average Bonchev–Trinajstić information content (AvgIpc) is 2.88. The molecule has 1 unspecified atom stereocenters. The molecule has 1 aromatic heterocycles. The van der Waals surface area contributed by atoms with E-state index in [-0.39, 0.29) is 11.2 Å². The average molecular weight is 296 g/mol. The van der Waals surface area contributed by atoms with Crippen LogP contribution in [0.1, 0.15) is 38.7 Å². The lowest BCUT2D eigenvalue weighted by Crippen LogP contribution is -2.40. The molecule has 1 aliphatic carbocycles. The van der Waals surface area contributed by atoms with E-state index in [1.807, 2.05) is 24.3 Å². The van der Waals surface area contributed by atoms with Crippen molar-refractivity contribution < 1.29 is 9.15 Å². The maximum atomic E-state index is 12.3. The van der Waals surface area contributed by atoms with Gasteiger partial charge < -0.3 is 9.15 Å². The Balaban J connectivity index is 1.78. The maximum Gasteiger partial charge on any atom is 0.343 e. The van der Waals surface area contributed by atoms with E-state index in [2.05, 4.69) is 19.9 Å². The van der Waals surface area contributed by atoms with Crippen molar-refractivity contribution in [3.05, 3.63) is 51.9 Å². The fourth-order valence-electron chi connectivity index (χ4n) is 3.80. The lowest BCUT2D eigenvalue weighted by Gasteiger charge is -2.35. The van der Waals surface area contributed by atoms with E-state index in [0.29, 0.717) is 23.5 Å². The molecule has 0 amide bonds. The van der Waals surface area contributed by atoms with Crippen LogP contribution in [0.5, 0.6) is 5.75 Å². The molecule has 3 heteroatoms. The third kappa shape index (κ3) is 1.99. The fourth-order valence-corrected chi connectivity index (χ4v) is 3.80. The van der Waals surface area contributed by atoms with E-state index < -0.39 is 0 Å². The van der Waals surface area contributed by atoms with Crippen LogP contribution >= 0.6 is 0 Å². The van der Waals surface area contributed by atoms with E-state index >= 15 is 0 Å². The molecule has 0 saturated carbocycles. The summed E-state index contributed by atoms with van der Waals surface area (Å²) in [6.07, 6.45) is 6.23. The van der Waals surface area contributed by atoms with E-state index in [4.69, 9.17) is 9.15 Å². The van der Waals surface area contributed by atoms with Crippen LogP contribution in [0.25, 0.3) is 11.0 Å². The highest BCUT2D eigenvalue weighted by Gasteiger charge is 2.44. The molecule has 1 aromatic carbocycles. The molecule has 0 radical (unpaired) electrons. The van der Waals surface area contributed by atoms with Gasteiger partial charge in [-0.05, 0) is 45.2 Å². The predicted octanol–water partition coefficient (Wildman–Crippen LogP) is 4.23. The number of hydrogen-bond donors (Lipinski definition) is 0. The van der Waals surface area contributed by atoms with Crippen molar-refractivity contribution in [3.8, 4) is 5.75 Å². The van der Waals surface area contributed by atoms with Crippen LogP contribution in [-0.2, 0) is 6.42 Å². The minimum atomic E-state index is -0.307.